The minimum Gasteiger partial charge on any atom is -0.361 e. The van der Waals surface area contributed by atoms with E-state index in [1.807, 2.05) is 51.1 Å². The third-order valence-corrected chi connectivity index (χ3v) is 3.73. The monoisotopic (exact) mass is 337 g/mol. The van der Waals surface area contributed by atoms with Crippen molar-refractivity contribution in [2.75, 3.05) is 0 Å². The number of amides is 1. The molecule has 0 bridgehead atoms. The lowest BCUT2D eigenvalue weighted by atomic mass is 10.0. The summed E-state index contributed by atoms with van der Waals surface area (Å²) in [5, 5.41) is 6.91. The summed E-state index contributed by atoms with van der Waals surface area (Å²) in [6.07, 6.45) is 0.976. The van der Waals surface area contributed by atoms with Crippen molar-refractivity contribution in [1.82, 2.24) is 10.5 Å². The topological polar surface area (TPSA) is 81.2 Å². The predicted molar refractivity (Wildman–Crippen MR) is 92.5 cm³/mol. The first-order valence-electron chi connectivity index (χ1n) is 7.49. The summed E-state index contributed by atoms with van der Waals surface area (Å²) in [4.78, 5) is 12.1. The van der Waals surface area contributed by atoms with Crippen LogP contribution in [-0.4, -0.2) is 17.1 Å². The number of hydrogen-bond acceptors (Lipinski definition) is 4. The van der Waals surface area contributed by atoms with E-state index in [1.165, 1.54) is 0 Å². The fraction of sp³-hybridized carbons (Fsp3) is 0.412. The Morgan fingerprint density at radius 1 is 1.30 bits per heavy atom. The molecule has 0 radical (unpaired) electrons. The molecule has 2 unspecified atom stereocenters. The molecule has 6 heteroatoms. The highest BCUT2D eigenvalue weighted by molar-refractivity contribution is 5.85. The Morgan fingerprint density at radius 2 is 1.96 bits per heavy atom. The van der Waals surface area contributed by atoms with Crippen LogP contribution in [0.2, 0.25) is 0 Å². The maximum Gasteiger partial charge on any atom is 0.222 e. The van der Waals surface area contributed by atoms with Crippen molar-refractivity contribution >= 4 is 18.3 Å². The number of rotatable bonds is 6. The van der Waals surface area contributed by atoms with Gasteiger partial charge in [-0.2, -0.15) is 0 Å². The van der Waals surface area contributed by atoms with Crippen molar-refractivity contribution < 1.29 is 9.32 Å². The number of nitrogens with zero attached hydrogens (tertiary/aromatic N) is 1. The standard InChI is InChI=1S/C17H23N3O2.ClH/c1-11(9-15-12(2)20-22-13(15)3)19-17(21)10-16(18)14-7-5-4-6-8-14;/h4-8,11,16H,9-10,18H2,1-3H3,(H,19,21);1H. The van der Waals surface area contributed by atoms with Gasteiger partial charge < -0.3 is 15.6 Å². The third-order valence-electron chi connectivity index (χ3n) is 3.73. The number of aromatic nitrogens is 1. The molecule has 126 valence electrons. The Hall–Kier alpha value is -1.85. The Balaban J connectivity index is 0.00000264. The number of nitrogens with two attached hydrogens (primary N) is 1. The molecule has 23 heavy (non-hydrogen) atoms. The highest BCUT2D eigenvalue weighted by Gasteiger charge is 2.16. The summed E-state index contributed by atoms with van der Waals surface area (Å²) in [7, 11) is 0. The van der Waals surface area contributed by atoms with E-state index in [2.05, 4.69) is 10.5 Å². The second-order valence-electron chi connectivity index (χ2n) is 5.70. The summed E-state index contributed by atoms with van der Waals surface area (Å²) in [6, 6.07) is 9.37. The lowest BCUT2D eigenvalue weighted by Gasteiger charge is -2.16. The second-order valence-corrected chi connectivity index (χ2v) is 5.70. The maximum absolute atomic E-state index is 12.1. The molecule has 1 heterocycles. The van der Waals surface area contributed by atoms with Gasteiger partial charge in [-0.25, -0.2) is 0 Å². The van der Waals surface area contributed by atoms with Crippen LogP contribution in [-0.2, 0) is 11.2 Å². The van der Waals surface area contributed by atoms with Crippen LogP contribution in [0.25, 0.3) is 0 Å². The van der Waals surface area contributed by atoms with Gasteiger partial charge >= 0.3 is 0 Å². The van der Waals surface area contributed by atoms with Gasteiger partial charge in [0.2, 0.25) is 5.91 Å². The zero-order valence-corrected chi connectivity index (χ0v) is 14.5. The summed E-state index contributed by atoms with van der Waals surface area (Å²) in [6.45, 7) is 5.76. The summed E-state index contributed by atoms with van der Waals surface area (Å²) < 4.78 is 5.14. The van der Waals surface area contributed by atoms with Crippen LogP contribution < -0.4 is 11.1 Å². The van der Waals surface area contributed by atoms with Crippen molar-refractivity contribution in [1.29, 1.82) is 0 Å². The molecule has 0 aliphatic heterocycles. The number of nitrogens with one attached hydrogen (secondary N) is 1. The second kappa shape index (κ2) is 8.70. The average molecular weight is 338 g/mol. The van der Waals surface area contributed by atoms with Gasteiger partial charge in [0.05, 0.1) is 5.69 Å². The number of halogens is 1. The quantitative estimate of drug-likeness (QED) is 0.849. The van der Waals surface area contributed by atoms with E-state index in [4.69, 9.17) is 10.3 Å². The Bertz CT molecular complexity index is 609. The number of aryl methyl sites for hydroxylation is 2. The van der Waals surface area contributed by atoms with Gasteiger partial charge in [0, 0.05) is 24.1 Å². The SMILES string of the molecule is Cc1noc(C)c1CC(C)NC(=O)CC(N)c1ccccc1.Cl. The van der Waals surface area contributed by atoms with Crippen LogP contribution in [0.15, 0.2) is 34.9 Å². The first-order valence-corrected chi connectivity index (χ1v) is 7.49. The molecule has 0 aliphatic rings. The van der Waals surface area contributed by atoms with E-state index in [0.29, 0.717) is 6.42 Å². The normalized spacial score (nSPS) is 13.0. The zero-order chi connectivity index (χ0) is 16.1. The van der Waals surface area contributed by atoms with Crippen molar-refractivity contribution in [3.05, 3.63) is 52.9 Å². The molecule has 2 rings (SSSR count). The van der Waals surface area contributed by atoms with Gasteiger partial charge in [-0.05, 0) is 32.8 Å². The van der Waals surface area contributed by atoms with Crippen LogP contribution in [0.4, 0.5) is 0 Å². The molecule has 0 fully saturated rings. The molecule has 0 saturated carbocycles. The first kappa shape index (κ1) is 19.2. The van der Waals surface area contributed by atoms with E-state index < -0.39 is 0 Å². The summed E-state index contributed by atoms with van der Waals surface area (Å²) >= 11 is 0. The number of carbonyl (C=O) groups is 1. The van der Waals surface area contributed by atoms with Gasteiger partial charge in [-0.15, -0.1) is 12.4 Å². The van der Waals surface area contributed by atoms with Gasteiger partial charge in [0.15, 0.2) is 0 Å². The fourth-order valence-electron chi connectivity index (χ4n) is 2.50. The Kier molecular flexibility index (Phi) is 7.26. The molecule has 0 aliphatic carbocycles. The van der Waals surface area contributed by atoms with Crippen molar-refractivity contribution in [3.8, 4) is 0 Å². The van der Waals surface area contributed by atoms with E-state index in [1.54, 1.807) is 0 Å². The van der Waals surface area contributed by atoms with E-state index in [9.17, 15) is 4.79 Å². The molecule has 1 aromatic heterocycles. The minimum absolute atomic E-state index is 0. The van der Waals surface area contributed by atoms with E-state index in [0.717, 1.165) is 22.6 Å². The number of hydrogen-bond donors (Lipinski definition) is 2. The van der Waals surface area contributed by atoms with Gasteiger partial charge in [0.25, 0.3) is 0 Å². The summed E-state index contributed by atoms with van der Waals surface area (Å²) in [5.74, 6) is 0.759. The summed E-state index contributed by atoms with van der Waals surface area (Å²) in [5.41, 5.74) is 8.97. The molecule has 0 saturated heterocycles. The van der Waals surface area contributed by atoms with Gasteiger partial charge in [-0.1, -0.05) is 35.5 Å². The molecule has 2 atom stereocenters. The molecular weight excluding hydrogens is 314 g/mol. The van der Waals surface area contributed by atoms with Crippen molar-refractivity contribution in [2.45, 2.75) is 45.7 Å². The first-order chi connectivity index (χ1) is 10.5. The van der Waals surface area contributed by atoms with E-state index >= 15 is 0 Å². The van der Waals surface area contributed by atoms with Crippen LogP contribution in [0.1, 0.15) is 42.0 Å². The highest BCUT2D eigenvalue weighted by Crippen LogP contribution is 2.16. The zero-order valence-electron chi connectivity index (χ0n) is 13.7. The number of carbonyl (C=O) groups excluding carboxylic acids is 1. The van der Waals surface area contributed by atoms with Crippen LogP contribution >= 0.6 is 12.4 Å². The van der Waals surface area contributed by atoms with E-state index in [-0.39, 0.29) is 36.8 Å². The molecule has 3 N–H and O–H groups in total. The maximum atomic E-state index is 12.1. The number of benzene rings is 1. The molecule has 2 aromatic rings. The van der Waals surface area contributed by atoms with Crippen LogP contribution in [0.3, 0.4) is 0 Å². The lowest BCUT2D eigenvalue weighted by molar-refractivity contribution is -0.122. The largest absolute Gasteiger partial charge is 0.361 e. The van der Waals surface area contributed by atoms with Crippen LogP contribution in [0.5, 0.6) is 0 Å². The van der Waals surface area contributed by atoms with Crippen LogP contribution in [0, 0.1) is 13.8 Å². The van der Waals surface area contributed by atoms with Gasteiger partial charge in [0.1, 0.15) is 5.76 Å². The smallest absolute Gasteiger partial charge is 0.222 e. The average Bonchev–Trinajstić information content (AvgIpc) is 2.79. The third kappa shape index (κ3) is 5.37. The Morgan fingerprint density at radius 3 is 2.52 bits per heavy atom. The molecule has 0 spiro atoms. The minimum atomic E-state index is -0.285. The predicted octanol–water partition coefficient (Wildman–Crippen LogP) is 2.85. The lowest BCUT2D eigenvalue weighted by Crippen LogP contribution is -2.36. The van der Waals surface area contributed by atoms with Gasteiger partial charge in [-0.3, -0.25) is 4.79 Å². The molecule has 1 amide bonds. The fourth-order valence-corrected chi connectivity index (χ4v) is 2.50. The van der Waals surface area contributed by atoms with Crippen molar-refractivity contribution in [2.24, 2.45) is 5.73 Å². The molecule has 1 aromatic carbocycles. The Labute approximate surface area is 143 Å². The highest BCUT2D eigenvalue weighted by atomic mass is 35.5. The van der Waals surface area contributed by atoms with Crippen molar-refractivity contribution in [3.63, 3.8) is 0 Å². The molecule has 5 nitrogen and oxygen atoms in total. The molecular formula is C17H24ClN3O2.